The molecule has 1 rings (SSSR count). The van der Waals surface area contributed by atoms with Crippen molar-refractivity contribution in [2.75, 3.05) is 19.7 Å². The van der Waals surface area contributed by atoms with Gasteiger partial charge < -0.3 is 25.0 Å². The molecule has 1 aromatic carbocycles. The van der Waals surface area contributed by atoms with Gasteiger partial charge >= 0.3 is 12.1 Å². The molecule has 2 atom stereocenters. The number of carbonyl (C=O) groups is 4. The molecule has 0 heterocycles. The molecule has 0 saturated carbocycles. The molecular weight excluding hydrogens is 440 g/mol. The Labute approximate surface area is 200 Å². The van der Waals surface area contributed by atoms with Crippen LogP contribution >= 0.6 is 0 Å². The molecule has 2 unspecified atom stereocenters. The fraction of sp³-hybridized carbons (Fsp3) is 0.542. The van der Waals surface area contributed by atoms with Crippen molar-refractivity contribution in [2.24, 2.45) is 0 Å². The summed E-state index contributed by atoms with van der Waals surface area (Å²) in [6.45, 7) is 9.86. The van der Waals surface area contributed by atoms with Crippen molar-refractivity contribution >= 4 is 23.9 Å². The SMILES string of the molecule is CCOC(=O)CCNC(=O)C(c1cccc(C)c1)N(CC#N)C(=O)C(C)NC(=O)OC(C)(C)C. The zero-order valence-corrected chi connectivity index (χ0v) is 20.6. The maximum Gasteiger partial charge on any atom is 0.408 e. The van der Waals surface area contributed by atoms with E-state index in [2.05, 4.69) is 10.6 Å². The lowest BCUT2D eigenvalue weighted by Gasteiger charge is -2.32. The number of aryl methyl sites for hydroxylation is 1. The van der Waals surface area contributed by atoms with E-state index in [1.807, 2.05) is 19.1 Å². The molecule has 3 amide bonds. The molecule has 0 aliphatic rings. The van der Waals surface area contributed by atoms with E-state index < -0.39 is 48.1 Å². The van der Waals surface area contributed by atoms with Crippen LogP contribution in [0.25, 0.3) is 0 Å². The highest BCUT2D eigenvalue weighted by Crippen LogP contribution is 2.23. The van der Waals surface area contributed by atoms with Crippen LogP contribution in [0.2, 0.25) is 0 Å². The topological polar surface area (TPSA) is 138 Å². The monoisotopic (exact) mass is 474 g/mol. The van der Waals surface area contributed by atoms with Gasteiger partial charge in [-0.1, -0.05) is 29.8 Å². The highest BCUT2D eigenvalue weighted by molar-refractivity contribution is 5.92. The predicted octanol–water partition coefficient (Wildman–Crippen LogP) is 2.37. The molecule has 186 valence electrons. The number of rotatable bonds is 10. The van der Waals surface area contributed by atoms with Crippen molar-refractivity contribution in [2.45, 2.75) is 65.6 Å². The quantitative estimate of drug-likeness (QED) is 0.392. The number of carbonyl (C=O) groups excluding carboxylic acids is 4. The first-order valence-corrected chi connectivity index (χ1v) is 11.1. The molecule has 2 N–H and O–H groups in total. The van der Waals surface area contributed by atoms with E-state index in [4.69, 9.17) is 9.47 Å². The molecule has 0 bridgehead atoms. The van der Waals surface area contributed by atoms with Crippen molar-refractivity contribution in [1.82, 2.24) is 15.5 Å². The van der Waals surface area contributed by atoms with Gasteiger partial charge in [-0.05, 0) is 47.1 Å². The Morgan fingerprint density at radius 1 is 1.21 bits per heavy atom. The van der Waals surface area contributed by atoms with Crippen LogP contribution in [0.5, 0.6) is 0 Å². The molecule has 0 radical (unpaired) electrons. The number of alkyl carbamates (subject to hydrolysis) is 1. The highest BCUT2D eigenvalue weighted by Gasteiger charge is 2.34. The number of hydrogen-bond acceptors (Lipinski definition) is 7. The molecule has 0 saturated heterocycles. The van der Waals surface area contributed by atoms with E-state index in [0.717, 1.165) is 10.5 Å². The number of hydrogen-bond donors (Lipinski definition) is 2. The second-order valence-electron chi connectivity index (χ2n) is 8.65. The van der Waals surface area contributed by atoms with Gasteiger partial charge in [-0.25, -0.2) is 4.79 Å². The van der Waals surface area contributed by atoms with Crippen LogP contribution in [0.3, 0.4) is 0 Å². The Hall–Kier alpha value is -3.61. The van der Waals surface area contributed by atoms with Crippen LogP contribution in [-0.2, 0) is 23.9 Å². The Morgan fingerprint density at radius 3 is 2.44 bits per heavy atom. The zero-order chi connectivity index (χ0) is 25.9. The van der Waals surface area contributed by atoms with E-state index in [0.29, 0.717) is 5.56 Å². The highest BCUT2D eigenvalue weighted by atomic mass is 16.6. The van der Waals surface area contributed by atoms with Crippen molar-refractivity contribution in [1.29, 1.82) is 5.26 Å². The third-order valence-corrected chi connectivity index (χ3v) is 4.48. The van der Waals surface area contributed by atoms with Crippen molar-refractivity contribution in [3.63, 3.8) is 0 Å². The van der Waals surface area contributed by atoms with Gasteiger partial charge in [-0.15, -0.1) is 0 Å². The Kier molecular flexibility index (Phi) is 11.0. The minimum atomic E-state index is -1.16. The normalized spacial score (nSPS) is 12.5. The average molecular weight is 475 g/mol. The molecule has 34 heavy (non-hydrogen) atoms. The van der Waals surface area contributed by atoms with Crippen molar-refractivity contribution in [3.05, 3.63) is 35.4 Å². The number of amides is 3. The summed E-state index contributed by atoms with van der Waals surface area (Å²) in [7, 11) is 0. The van der Waals surface area contributed by atoms with E-state index in [9.17, 15) is 24.4 Å². The lowest BCUT2D eigenvalue weighted by Crippen LogP contribution is -2.52. The van der Waals surface area contributed by atoms with Crippen LogP contribution in [0, 0.1) is 18.3 Å². The first kappa shape index (κ1) is 28.4. The van der Waals surface area contributed by atoms with Crippen LogP contribution in [-0.4, -0.2) is 60.1 Å². The summed E-state index contributed by atoms with van der Waals surface area (Å²) in [4.78, 5) is 51.3. The fourth-order valence-corrected chi connectivity index (χ4v) is 3.10. The van der Waals surface area contributed by atoms with Gasteiger partial charge in [-0.2, -0.15) is 5.26 Å². The number of benzene rings is 1. The summed E-state index contributed by atoms with van der Waals surface area (Å²) >= 11 is 0. The maximum atomic E-state index is 13.3. The standard InChI is InChI=1S/C24H34N4O6/c1-7-33-19(29)11-13-26-21(30)20(18-10-8-9-16(2)15-18)28(14-12-25)22(31)17(3)27-23(32)34-24(4,5)6/h8-10,15,17,20H,7,11,13-14H2,1-6H3,(H,26,30)(H,27,32). The molecule has 0 aromatic heterocycles. The van der Waals surface area contributed by atoms with Crippen molar-refractivity contribution in [3.8, 4) is 6.07 Å². The molecule has 0 spiro atoms. The van der Waals surface area contributed by atoms with Crippen LogP contribution in [0.4, 0.5) is 4.79 Å². The minimum Gasteiger partial charge on any atom is -0.466 e. The number of nitrogens with zero attached hydrogens (tertiary/aromatic N) is 2. The number of esters is 1. The molecule has 1 aromatic rings. The van der Waals surface area contributed by atoms with Gasteiger partial charge in [0.1, 0.15) is 24.2 Å². The Balaban J connectivity index is 3.17. The van der Waals surface area contributed by atoms with Crippen LogP contribution < -0.4 is 10.6 Å². The second-order valence-corrected chi connectivity index (χ2v) is 8.65. The fourth-order valence-electron chi connectivity index (χ4n) is 3.10. The number of nitriles is 1. The molecule has 0 aliphatic heterocycles. The zero-order valence-electron chi connectivity index (χ0n) is 20.6. The van der Waals surface area contributed by atoms with Gasteiger partial charge in [-0.3, -0.25) is 14.4 Å². The molecule has 0 fully saturated rings. The number of nitrogens with one attached hydrogen (secondary N) is 2. The summed E-state index contributed by atoms with van der Waals surface area (Å²) in [5.41, 5.74) is 0.579. The largest absolute Gasteiger partial charge is 0.466 e. The van der Waals surface area contributed by atoms with E-state index in [1.165, 1.54) is 6.92 Å². The van der Waals surface area contributed by atoms with E-state index in [-0.39, 0.29) is 19.6 Å². The average Bonchev–Trinajstić information content (AvgIpc) is 2.71. The summed E-state index contributed by atoms with van der Waals surface area (Å²) in [5, 5.41) is 14.5. The maximum absolute atomic E-state index is 13.3. The van der Waals surface area contributed by atoms with Gasteiger partial charge in [0.15, 0.2) is 0 Å². The summed E-state index contributed by atoms with van der Waals surface area (Å²) < 4.78 is 10.1. The minimum absolute atomic E-state index is 0.000276. The van der Waals surface area contributed by atoms with E-state index >= 15 is 0 Å². The first-order valence-electron chi connectivity index (χ1n) is 11.1. The van der Waals surface area contributed by atoms with Crippen LogP contribution in [0.15, 0.2) is 24.3 Å². The van der Waals surface area contributed by atoms with Gasteiger partial charge in [0.05, 0.1) is 19.1 Å². The Bertz CT molecular complexity index is 919. The molecule has 0 aliphatic carbocycles. The summed E-state index contributed by atoms with van der Waals surface area (Å²) in [6, 6.07) is 6.67. The first-order chi connectivity index (χ1) is 15.9. The predicted molar refractivity (Wildman–Crippen MR) is 124 cm³/mol. The molecule has 10 heteroatoms. The molecule has 10 nitrogen and oxygen atoms in total. The molecular formula is C24H34N4O6. The number of ether oxygens (including phenoxy) is 2. The van der Waals surface area contributed by atoms with E-state index in [1.54, 1.807) is 45.9 Å². The summed E-state index contributed by atoms with van der Waals surface area (Å²) in [6.07, 6.45) is -0.834. The third-order valence-electron chi connectivity index (χ3n) is 4.48. The lowest BCUT2D eigenvalue weighted by molar-refractivity contribution is -0.144. The smallest absolute Gasteiger partial charge is 0.408 e. The van der Waals surface area contributed by atoms with Gasteiger partial charge in [0.25, 0.3) is 0 Å². The van der Waals surface area contributed by atoms with Crippen LogP contribution in [0.1, 0.15) is 58.2 Å². The van der Waals surface area contributed by atoms with Gasteiger partial charge in [0, 0.05) is 6.54 Å². The van der Waals surface area contributed by atoms with Gasteiger partial charge in [0.2, 0.25) is 11.8 Å². The summed E-state index contributed by atoms with van der Waals surface area (Å²) in [5.74, 6) is -1.67. The Morgan fingerprint density at radius 2 is 1.88 bits per heavy atom. The van der Waals surface area contributed by atoms with Crippen molar-refractivity contribution < 1.29 is 28.7 Å². The lowest BCUT2D eigenvalue weighted by atomic mass is 10.0. The third kappa shape index (κ3) is 9.48. The second kappa shape index (κ2) is 13.2.